The van der Waals surface area contributed by atoms with Gasteiger partial charge in [0.2, 0.25) is 0 Å². The number of imidazole rings is 1. The Labute approximate surface area is 220 Å². The number of halogens is 1. The zero-order valence-corrected chi connectivity index (χ0v) is 22.2. The van der Waals surface area contributed by atoms with E-state index in [2.05, 4.69) is 45.5 Å². The van der Waals surface area contributed by atoms with E-state index < -0.39 is 5.91 Å². The third kappa shape index (κ3) is 4.99. The van der Waals surface area contributed by atoms with Gasteiger partial charge in [0.1, 0.15) is 22.4 Å². The van der Waals surface area contributed by atoms with Gasteiger partial charge in [-0.1, -0.05) is 35.9 Å². The van der Waals surface area contributed by atoms with E-state index in [0.717, 1.165) is 41.4 Å². The minimum atomic E-state index is -0.522. The van der Waals surface area contributed by atoms with Crippen LogP contribution in [0.4, 0.5) is 0 Å². The van der Waals surface area contributed by atoms with Crippen LogP contribution in [0.25, 0.3) is 16.2 Å². The number of carbonyl (C=O) groups is 1. The van der Waals surface area contributed by atoms with E-state index in [0.29, 0.717) is 21.7 Å². The molecule has 2 N–H and O–H groups in total. The van der Waals surface area contributed by atoms with Gasteiger partial charge in [-0.15, -0.1) is 11.3 Å². The first-order chi connectivity index (χ1) is 17.3. The Kier molecular flexibility index (Phi) is 7.03. The number of amides is 1. The second kappa shape index (κ2) is 10.2. The SMILES string of the molecule is C[C@@H](Oc1cc(-c2cnc3ccc(CN4CC[C@@H](N(C)C)C4)cn23)sc1C(N)=O)c1ccccc1Cl. The van der Waals surface area contributed by atoms with Crippen LogP contribution >= 0.6 is 22.9 Å². The number of carbonyl (C=O) groups excluding carboxylic acids is 1. The highest BCUT2D eigenvalue weighted by Gasteiger charge is 2.24. The topological polar surface area (TPSA) is 76.1 Å². The number of nitrogens with two attached hydrogens (primary N) is 1. The number of hydrogen-bond donors (Lipinski definition) is 1. The van der Waals surface area contributed by atoms with Crippen molar-refractivity contribution >= 4 is 34.5 Å². The smallest absolute Gasteiger partial charge is 0.262 e. The Hall–Kier alpha value is -2.91. The van der Waals surface area contributed by atoms with Gasteiger partial charge in [0.25, 0.3) is 5.91 Å². The number of rotatable bonds is 8. The normalized spacial score (nSPS) is 17.2. The monoisotopic (exact) mass is 523 g/mol. The summed E-state index contributed by atoms with van der Waals surface area (Å²) in [6.45, 7) is 4.95. The number of pyridine rings is 1. The van der Waals surface area contributed by atoms with Gasteiger partial charge in [-0.25, -0.2) is 4.98 Å². The Morgan fingerprint density at radius 2 is 2.11 bits per heavy atom. The van der Waals surface area contributed by atoms with Crippen LogP contribution in [0.15, 0.2) is 54.9 Å². The summed E-state index contributed by atoms with van der Waals surface area (Å²) >= 11 is 7.67. The average Bonchev–Trinajstić information content (AvgIpc) is 3.57. The fourth-order valence-electron chi connectivity index (χ4n) is 4.75. The van der Waals surface area contributed by atoms with Gasteiger partial charge in [0.15, 0.2) is 0 Å². The predicted octanol–water partition coefficient (Wildman–Crippen LogP) is 5.09. The molecule has 9 heteroatoms. The molecule has 1 amide bonds. The lowest BCUT2D eigenvalue weighted by Crippen LogP contribution is -2.31. The first kappa shape index (κ1) is 24.8. The maximum Gasteiger partial charge on any atom is 0.262 e. The summed E-state index contributed by atoms with van der Waals surface area (Å²) in [6.07, 6.45) is 4.80. The molecule has 1 aliphatic rings. The molecule has 4 aromatic rings. The van der Waals surface area contributed by atoms with Crippen LogP contribution < -0.4 is 10.5 Å². The highest BCUT2D eigenvalue weighted by atomic mass is 35.5. The Balaban J connectivity index is 1.43. The molecule has 0 unspecified atom stereocenters. The highest BCUT2D eigenvalue weighted by Crippen LogP contribution is 2.39. The first-order valence-corrected chi connectivity index (χ1v) is 13.2. The Morgan fingerprint density at radius 1 is 1.31 bits per heavy atom. The summed E-state index contributed by atoms with van der Waals surface area (Å²) in [7, 11) is 4.29. The molecule has 0 aliphatic carbocycles. The van der Waals surface area contributed by atoms with Crippen molar-refractivity contribution in [3.05, 3.63) is 75.9 Å². The molecule has 3 aromatic heterocycles. The molecule has 1 saturated heterocycles. The van der Waals surface area contributed by atoms with Crippen molar-refractivity contribution in [1.82, 2.24) is 19.2 Å². The number of likely N-dealkylation sites (tertiary alicyclic amines) is 1. The third-order valence-electron chi connectivity index (χ3n) is 6.77. The lowest BCUT2D eigenvalue weighted by atomic mass is 10.1. The number of primary amides is 1. The molecule has 0 saturated carbocycles. The summed E-state index contributed by atoms with van der Waals surface area (Å²) < 4.78 is 8.27. The summed E-state index contributed by atoms with van der Waals surface area (Å²) in [5.41, 5.74) is 9.53. The van der Waals surface area contributed by atoms with Gasteiger partial charge < -0.3 is 15.4 Å². The van der Waals surface area contributed by atoms with Crippen LogP contribution in [-0.2, 0) is 6.54 Å². The van der Waals surface area contributed by atoms with Crippen molar-refractivity contribution < 1.29 is 9.53 Å². The van der Waals surface area contributed by atoms with E-state index in [1.54, 1.807) is 0 Å². The van der Waals surface area contributed by atoms with Gasteiger partial charge in [-0.2, -0.15) is 0 Å². The van der Waals surface area contributed by atoms with E-state index in [4.69, 9.17) is 22.1 Å². The second-order valence-corrected chi connectivity index (χ2v) is 11.0. The second-order valence-electron chi connectivity index (χ2n) is 9.50. The van der Waals surface area contributed by atoms with Crippen LogP contribution in [0.5, 0.6) is 5.75 Å². The van der Waals surface area contributed by atoms with Crippen LogP contribution in [0, 0.1) is 0 Å². The Morgan fingerprint density at radius 3 is 2.83 bits per heavy atom. The number of thiophene rings is 1. The molecule has 4 heterocycles. The molecule has 1 fully saturated rings. The zero-order valence-electron chi connectivity index (χ0n) is 20.6. The van der Waals surface area contributed by atoms with Crippen LogP contribution in [0.2, 0.25) is 5.02 Å². The maximum atomic E-state index is 12.3. The standard InChI is InChI=1S/C27H30ClN5O2S/c1-17(20-6-4-5-7-21(20)28)35-23-12-24(36-26(23)27(29)34)22-13-30-25-9-8-18(15-33(22)25)14-32-11-10-19(16-32)31(2)3/h4-9,12-13,15,17,19H,10-11,14,16H2,1-3H3,(H2,29,34)/t17-,19-/m1/s1. The minimum Gasteiger partial charge on any atom is -0.484 e. The number of ether oxygens (including phenoxy) is 1. The van der Waals surface area contributed by atoms with E-state index in [1.807, 2.05) is 49.5 Å². The van der Waals surface area contributed by atoms with Crippen LogP contribution in [0.1, 0.15) is 40.2 Å². The molecule has 0 radical (unpaired) electrons. The highest BCUT2D eigenvalue weighted by molar-refractivity contribution is 7.17. The van der Waals surface area contributed by atoms with E-state index in [-0.39, 0.29) is 6.10 Å². The van der Waals surface area contributed by atoms with E-state index in [9.17, 15) is 4.79 Å². The molecular weight excluding hydrogens is 494 g/mol. The first-order valence-electron chi connectivity index (χ1n) is 12.0. The number of benzene rings is 1. The predicted molar refractivity (Wildman–Crippen MR) is 145 cm³/mol. The van der Waals surface area contributed by atoms with Crippen LogP contribution in [0.3, 0.4) is 0 Å². The van der Waals surface area contributed by atoms with E-state index in [1.165, 1.54) is 23.3 Å². The molecule has 5 rings (SSSR count). The number of aromatic nitrogens is 2. The number of fused-ring (bicyclic) bond motifs is 1. The van der Waals surface area contributed by atoms with Crippen LogP contribution in [-0.4, -0.2) is 58.3 Å². The molecule has 188 valence electrons. The molecule has 1 aromatic carbocycles. The van der Waals surface area contributed by atoms with Crippen molar-refractivity contribution in [2.45, 2.75) is 32.0 Å². The maximum absolute atomic E-state index is 12.3. The average molecular weight is 524 g/mol. The molecule has 7 nitrogen and oxygen atoms in total. The number of nitrogens with zero attached hydrogens (tertiary/aromatic N) is 4. The van der Waals surface area contributed by atoms with Gasteiger partial charge >= 0.3 is 0 Å². The van der Waals surface area contributed by atoms with Crippen molar-refractivity contribution in [3.8, 4) is 16.3 Å². The summed E-state index contributed by atoms with van der Waals surface area (Å²) in [6, 6.07) is 14.2. The van der Waals surface area contributed by atoms with Gasteiger partial charge in [0, 0.05) is 48.5 Å². The zero-order chi connectivity index (χ0) is 25.4. The quantitative estimate of drug-likeness (QED) is 0.348. The summed E-state index contributed by atoms with van der Waals surface area (Å²) in [5, 5.41) is 0.616. The van der Waals surface area contributed by atoms with Crippen molar-refractivity contribution in [1.29, 1.82) is 0 Å². The third-order valence-corrected chi connectivity index (χ3v) is 8.27. The van der Waals surface area contributed by atoms with Gasteiger partial charge in [-0.3, -0.25) is 14.1 Å². The van der Waals surface area contributed by atoms with Gasteiger partial charge in [0.05, 0.1) is 16.8 Å². The molecule has 0 bridgehead atoms. The molecular formula is C27H30ClN5O2S. The molecule has 1 aliphatic heterocycles. The summed E-state index contributed by atoms with van der Waals surface area (Å²) in [4.78, 5) is 22.9. The molecule has 0 spiro atoms. The molecule has 2 atom stereocenters. The Bertz CT molecular complexity index is 1400. The van der Waals surface area contributed by atoms with Crippen molar-refractivity contribution in [2.24, 2.45) is 5.73 Å². The lowest BCUT2D eigenvalue weighted by molar-refractivity contribution is 0.0998. The number of hydrogen-bond acceptors (Lipinski definition) is 6. The number of likely N-dealkylation sites (N-methyl/N-ethyl adjacent to an activating group) is 1. The van der Waals surface area contributed by atoms with Gasteiger partial charge in [-0.05, 0) is 45.1 Å². The largest absolute Gasteiger partial charge is 0.484 e. The minimum absolute atomic E-state index is 0.348. The fourth-order valence-corrected chi connectivity index (χ4v) is 5.99. The van der Waals surface area contributed by atoms with Crippen molar-refractivity contribution in [3.63, 3.8) is 0 Å². The summed E-state index contributed by atoms with van der Waals surface area (Å²) in [5.74, 6) is -0.0700. The fraction of sp³-hybridized carbons (Fsp3) is 0.333. The van der Waals surface area contributed by atoms with E-state index >= 15 is 0 Å². The molecule has 36 heavy (non-hydrogen) atoms. The van der Waals surface area contributed by atoms with Crippen molar-refractivity contribution in [2.75, 3.05) is 27.2 Å². The lowest BCUT2D eigenvalue weighted by Gasteiger charge is -2.20.